The number of nitrogens with one attached hydrogen (secondary N) is 1. The van der Waals surface area contributed by atoms with E-state index in [0.29, 0.717) is 24.5 Å². The smallest absolute Gasteiger partial charge is 0.253 e. The van der Waals surface area contributed by atoms with E-state index in [-0.39, 0.29) is 5.91 Å². The monoisotopic (exact) mass is 235 g/mol. The zero-order chi connectivity index (χ0) is 12.3. The van der Waals surface area contributed by atoms with Gasteiger partial charge in [0.05, 0.1) is 24.5 Å². The van der Waals surface area contributed by atoms with Gasteiger partial charge >= 0.3 is 0 Å². The topological polar surface area (TPSA) is 67.6 Å². The molecule has 0 unspecified atom stereocenters. The van der Waals surface area contributed by atoms with Crippen molar-refractivity contribution in [3.63, 3.8) is 0 Å². The fraction of sp³-hybridized carbons (Fsp3) is 0.417. The highest BCUT2D eigenvalue weighted by Crippen LogP contribution is 2.24. The lowest BCUT2D eigenvalue weighted by molar-refractivity contribution is 0.0961. The largest absolute Gasteiger partial charge is 0.399 e. The average molecular weight is 235 g/mol. The Bertz CT molecular complexity index is 414. The molecule has 0 aliphatic carbocycles. The van der Waals surface area contributed by atoms with E-state index < -0.39 is 0 Å². The number of nitrogens with zero attached hydrogens (tertiary/aromatic N) is 1. The van der Waals surface area contributed by atoms with Crippen LogP contribution in [-0.2, 0) is 4.74 Å². The van der Waals surface area contributed by atoms with Crippen molar-refractivity contribution in [3.05, 3.63) is 23.8 Å². The molecule has 3 N–H and O–H groups in total. The highest BCUT2D eigenvalue weighted by molar-refractivity contribution is 6.00. The van der Waals surface area contributed by atoms with Crippen LogP contribution in [0.15, 0.2) is 18.2 Å². The van der Waals surface area contributed by atoms with E-state index in [2.05, 4.69) is 10.2 Å². The number of morpholine rings is 1. The molecule has 0 radical (unpaired) electrons. The number of rotatable bonds is 2. The lowest BCUT2D eigenvalue weighted by atomic mass is 10.1. The van der Waals surface area contributed by atoms with Crippen molar-refractivity contribution >= 4 is 17.3 Å². The summed E-state index contributed by atoms with van der Waals surface area (Å²) in [5.74, 6) is -0.0912. The van der Waals surface area contributed by atoms with Gasteiger partial charge in [-0.1, -0.05) is 0 Å². The van der Waals surface area contributed by atoms with Gasteiger partial charge in [-0.25, -0.2) is 0 Å². The minimum atomic E-state index is -0.0912. The number of carbonyl (C=O) groups excluding carboxylic acids is 1. The van der Waals surface area contributed by atoms with E-state index in [1.165, 1.54) is 0 Å². The summed E-state index contributed by atoms with van der Waals surface area (Å²) in [5, 5.41) is 2.64. The van der Waals surface area contributed by atoms with Gasteiger partial charge in [0.15, 0.2) is 0 Å². The van der Waals surface area contributed by atoms with Crippen LogP contribution in [0.3, 0.4) is 0 Å². The number of nitrogen functional groups attached to an aromatic ring is 1. The van der Waals surface area contributed by atoms with Crippen LogP contribution >= 0.6 is 0 Å². The van der Waals surface area contributed by atoms with Gasteiger partial charge in [-0.2, -0.15) is 0 Å². The van der Waals surface area contributed by atoms with Crippen LogP contribution in [0.4, 0.5) is 11.4 Å². The molecule has 0 spiro atoms. The molecule has 5 nitrogen and oxygen atoms in total. The van der Waals surface area contributed by atoms with Crippen molar-refractivity contribution < 1.29 is 9.53 Å². The van der Waals surface area contributed by atoms with Crippen molar-refractivity contribution in [1.29, 1.82) is 0 Å². The van der Waals surface area contributed by atoms with Crippen LogP contribution in [0.1, 0.15) is 10.4 Å². The molecule has 1 amide bonds. The number of nitrogens with two attached hydrogens (primary N) is 1. The number of hydrogen-bond donors (Lipinski definition) is 2. The molecule has 1 aliphatic heterocycles. The zero-order valence-corrected chi connectivity index (χ0v) is 9.90. The van der Waals surface area contributed by atoms with Crippen LogP contribution in [0, 0.1) is 0 Å². The lowest BCUT2D eigenvalue weighted by Gasteiger charge is -2.30. The van der Waals surface area contributed by atoms with E-state index in [4.69, 9.17) is 10.5 Å². The Balaban J connectivity index is 2.35. The first kappa shape index (κ1) is 11.7. The second-order valence-corrected chi connectivity index (χ2v) is 3.96. The van der Waals surface area contributed by atoms with E-state index in [9.17, 15) is 4.79 Å². The Morgan fingerprint density at radius 3 is 2.76 bits per heavy atom. The van der Waals surface area contributed by atoms with Gasteiger partial charge in [0.1, 0.15) is 0 Å². The molecule has 1 heterocycles. The second kappa shape index (κ2) is 5.05. The first-order valence-electron chi connectivity index (χ1n) is 5.66. The van der Waals surface area contributed by atoms with Gasteiger partial charge in [-0.3, -0.25) is 4.79 Å². The fourth-order valence-corrected chi connectivity index (χ4v) is 1.94. The summed E-state index contributed by atoms with van der Waals surface area (Å²) in [6.45, 7) is 2.94. The molecular formula is C12H17N3O2. The summed E-state index contributed by atoms with van der Waals surface area (Å²) in [6.07, 6.45) is 0. The van der Waals surface area contributed by atoms with E-state index in [1.807, 2.05) is 6.07 Å². The molecule has 1 aliphatic rings. The summed E-state index contributed by atoms with van der Waals surface area (Å²) < 4.78 is 5.30. The molecular weight excluding hydrogens is 218 g/mol. The molecule has 1 fully saturated rings. The number of amides is 1. The molecule has 0 aromatic heterocycles. The third kappa shape index (κ3) is 2.50. The second-order valence-electron chi connectivity index (χ2n) is 3.96. The molecule has 92 valence electrons. The summed E-state index contributed by atoms with van der Waals surface area (Å²) in [6, 6.07) is 5.35. The van der Waals surface area contributed by atoms with Gasteiger partial charge in [-0.05, 0) is 18.2 Å². The van der Waals surface area contributed by atoms with Crippen LogP contribution < -0.4 is 16.0 Å². The normalized spacial score (nSPS) is 15.7. The van der Waals surface area contributed by atoms with Gasteiger partial charge in [-0.15, -0.1) is 0 Å². The maximum absolute atomic E-state index is 11.8. The summed E-state index contributed by atoms with van der Waals surface area (Å²) in [7, 11) is 1.63. The van der Waals surface area contributed by atoms with Crippen molar-refractivity contribution in [2.24, 2.45) is 0 Å². The Labute approximate surface area is 101 Å². The SMILES string of the molecule is CNC(=O)c1ccc(N)cc1N1CCOCC1. The van der Waals surface area contributed by atoms with Crippen LogP contribution in [0.2, 0.25) is 0 Å². The number of carbonyl (C=O) groups is 1. The quantitative estimate of drug-likeness (QED) is 0.731. The summed E-state index contributed by atoms with van der Waals surface area (Å²) in [4.78, 5) is 13.9. The third-order valence-electron chi connectivity index (χ3n) is 2.85. The van der Waals surface area contributed by atoms with E-state index in [0.717, 1.165) is 18.8 Å². The zero-order valence-electron chi connectivity index (χ0n) is 9.90. The maximum atomic E-state index is 11.8. The van der Waals surface area contributed by atoms with E-state index in [1.54, 1.807) is 19.2 Å². The lowest BCUT2D eigenvalue weighted by Crippen LogP contribution is -2.37. The predicted molar refractivity (Wildman–Crippen MR) is 67.3 cm³/mol. The molecule has 1 aromatic rings. The predicted octanol–water partition coefficient (Wildman–Crippen LogP) is 0.465. The van der Waals surface area contributed by atoms with Gasteiger partial charge in [0.2, 0.25) is 0 Å². The van der Waals surface area contributed by atoms with Crippen LogP contribution in [0.5, 0.6) is 0 Å². The minimum absolute atomic E-state index is 0.0912. The molecule has 0 atom stereocenters. The average Bonchev–Trinajstić information content (AvgIpc) is 2.39. The Kier molecular flexibility index (Phi) is 3.49. The van der Waals surface area contributed by atoms with E-state index >= 15 is 0 Å². The van der Waals surface area contributed by atoms with Crippen LogP contribution in [0.25, 0.3) is 0 Å². The van der Waals surface area contributed by atoms with Gasteiger partial charge < -0.3 is 20.7 Å². The maximum Gasteiger partial charge on any atom is 0.253 e. The molecule has 2 rings (SSSR count). The highest BCUT2D eigenvalue weighted by atomic mass is 16.5. The van der Waals surface area contributed by atoms with Crippen molar-refractivity contribution in [3.8, 4) is 0 Å². The fourth-order valence-electron chi connectivity index (χ4n) is 1.94. The first-order valence-corrected chi connectivity index (χ1v) is 5.66. The Hall–Kier alpha value is -1.75. The molecule has 1 saturated heterocycles. The standard InChI is InChI=1S/C12H17N3O2/c1-14-12(16)10-3-2-9(13)8-11(10)15-4-6-17-7-5-15/h2-3,8H,4-7,13H2,1H3,(H,14,16). The number of ether oxygens (including phenoxy) is 1. The third-order valence-corrected chi connectivity index (χ3v) is 2.85. The first-order chi connectivity index (χ1) is 8.22. The van der Waals surface area contributed by atoms with Crippen molar-refractivity contribution in [2.75, 3.05) is 44.0 Å². The Morgan fingerprint density at radius 1 is 1.41 bits per heavy atom. The highest BCUT2D eigenvalue weighted by Gasteiger charge is 2.18. The summed E-state index contributed by atoms with van der Waals surface area (Å²) in [5.41, 5.74) is 7.99. The molecule has 5 heteroatoms. The minimum Gasteiger partial charge on any atom is -0.399 e. The molecule has 0 saturated carbocycles. The molecule has 17 heavy (non-hydrogen) atoms. The van der Waals surface area contributed by atoms with Crippen molar-refractivity contribution in [1.82, 2.24) is 5.32 Å². The van der Waals surface area contributed by atoms with Crippen molar-refractivity contribution in [2.45, 2.75) is 0 Å². The number of anilines is 2. The summed E-state index contributed by atoms with van der Waals surface area (Å²) >= 11 is 0. The number of hydrogen-bond acceptors (Lipinski definition) is 4. The molecule has 1 aromatic carbocycles. The van der Waals surface area contributed by atoms with Gasteiger partial charge in [0, 0.05) is 25.8 Å². The van der Waals surface area contributed by atoms with Crippen LogP contribution in [-0.4, -0.2) is 39.3 Å². The van der Waals surface area contributed by atoms with Gasteiger partial charge in [0.25, 0.3) is 5.91 Å². The number of benzene rings is 1. The molecule has 0 bridgehead atoms. The Morgan fingerprint density at radius 2 is 2.12 bits per heavy atom.